The van der Waals surface area contributed by atoms with Crippen molar-refractivity contribution >= 4 is 23.5 Å². The summed E-state index contributed by atoms with van der Waals surface area (Å²) in [5, 5.41) is 6.84. The molecule has 7 rings (SSSR count). The Bertz CT molecular complexity index is 1570. The number of anilines is 1. The number of hydrogen-bond donors (Lipinski definition) is 2. The molecule has 41 heavy (non-hydrogen) atoms. The van der Waals surface area contributed by atoms with Gasteiger partial charge in [-0.05, 0) is 49.2 Å². The van der Waals surface area contributed by atoms with E-state index in [0.29, 0.717) is 24.4 Å². The lowest BCUT2D eigenvalue weighted by molar-refractivity contribution is -0.145. The van der Waals surface area contributed by atoms with Crippen LogP contribution >= 0.6 is 0 Å². The zero-order valence-electron chi connectivity index (χ0n) is 23.5. The first-order valence-electron chi connectivity index (χ1n) is 14.5. The fraction of sp³-hybridized carbons (Fsp3) is 0.353. The number of amides is 1. The van der Waals surface area contributed by atoms with Crippen LogP contribution < -0.4 is 20.1 Å². The van der Waals surface area contributed by atoms with Gasteiger partial charge in [0, 0.05) is 47.4 Å². The Kier molecular flexibility index (Phi) is 6.25. The second kappa shape index (κ2) is 9.86. The van der Waals surface area contributed by atoms with E-state index in [1.165, 1.54) is 0 Å². The number of ether oxygens (including phenoxy) is 2. The first kappa shape index (κ1) is 26.0. The van der Waals surface area contributed by atoms with Crippen LogP contribution in [0.5, 0.6) is 11.5 Å². The highest BCUT2D eigenvalue weighted by Crippen LogP contribution is 2.68. The van der Waals surface area contributed by atoms with E-state index in [1.807, 2.05) is 72.8 Å². The van der Waals surface area contributed by atoms with Gasteiger partial charge >= 0.3 is 0 Å². The third-order valence-corrected chi connectivity index (χ3v) is 9.79. The van der Waals surface area contributed by atoms with E-state index in [0.717, 1.165) is 53.9 Å². The number of fused-ring (bicyclic) bond motifs is 5. The van der Waals surface area contributed by atoms with Crippen LogP contribution in [0.25, 0.3) is 6.08 Å². The van der Waals surface area contributed by atoms with Gasteiger partial charge in [0.25, 0.3) is 5.91 Å². The van der Waals surface area contributed by atoms with E-state index in [9.17, 15) is 4.79 Å². The third-order valence-electron chi connectivity index (χ3n) is 9.79. The molecule has 7 heteroatoms. The van der Waals surface area contributed by atoms with Crippen LogP contribution in [-0.2, 0) is 15.1 Å². The van der Waals surface area contributed by atoms with Crippen LogP contribution in [0.2, 0.25) is 0 Å². The van der Waals surface area contributed by atoms with Gasteiger partial charge in [0.05, 0.1) is 19.6 Å². The summed E-state index contributed by atoms with van der Waals surface area (Å²) in [4.78, 5) is 32.4. The molecule has 4 atom stereocenters. The highest BCUT2D eigenvalue weighted by atomic mass is 16.5. The monoisotopic (exact) mass is 549 g/mol. The summed E-state index contributed by atoms with van der Waals surface area (Å²) in [7, 11) is 3.32. The molecule has 1 unspecified atom stereocenters. The molecule has 3 aromatic rings. The number of carbonyl (C=O) groups is 2. The molecule has 210 valence electrons. The Morgan fingerprint density at radius 1 is 0.902 bits per heavy atom. The van der Waals surface area contributed by atoms with Crippen molar-refractivity contribution in [1.29, 1.82) is 0 Å². The minimum absolute atomic E-state index is 0.00619. The molecule has 0 aliphatic carbocycles. The normalized spacial score (nSPS) is 30.0. The molecule has 0 radical (unpaired) electrons. The van der Waals surface area contributed by atoms with Gasteiger partial charge in [-0.25, -0.2) is 0 Å². The van der Waals surface area contributed by atoms with Gasteiger partial charge in [-0.2, -0.15) is 0 Å². The Labute approximate surface area is 240 Å². The van der Waals surface area contributed by atoms with E-state index >= 15 is 4.79 Å². The number of hydrogen-bond acceptors (Lipinski definition) is 6. The van der Waals surface area contributed by atoms with Crippen molar-refractivity contribution in [3.63, 3.8) is 0 Å². The minimum atomic E-state index is -1.16. The van der Waals surface area contributed by atoms with Crippen LogP contribution in [0.15, 0.2) is 78.4 Å². The second-order valence-electron chi connectivity index (χ2n) is 11.5. The number of para-hydroxylation sites is 3. The van der Waals surface area contributed by atoms with E-state index in [4.69, 9.17) is 9.47 Å². The zero-order valence-corrected chi connectivity index (χ0v) is 23.5. The molecule has 1 amide bonds. The van der Waals surface area contributed by atoms with Gasteiger partial charge in [0.1, 0.15) is 17.0 Å². The number of benzene rings is 3. The van der Waals surface area contributed by atoms with Crippen molar-refractivity contribution in [2.45, 2.75) is 36.8 Å². The van der Waals surface area contributed by atoms with Crippen molar-refractivity contribution < 1.29 is 19.1 Å². The molecule has 2 spiro atoms. The SMILES string of the molecule is COc1ccccc1/C=C1\CNCC2(C1=O)[C@@H](c1ccccc1OC)[C@@H]1CCCCN1[C@@]21C(=O)Nc2ccccc21. The van der Waals surface area contributed by atoms with Crippen molar-refractivity contribution in [2.24, 2.45) is 5.41 Å². The number of nitrogens with zero attached hydrogens (tertiary/aromatic N) is 1. The number of nitrogens with one attached hydrogen (secondary N) is 2. The van der Waals surface area contributed by atoms with Gasteiger partial charge in [0.15, 0.2) is 5.78 Å². The summed E-state index contributed by atoms with van der Waals surface area (Å²) in [6.07, 6.45) is 4.88. The summed E-state index contributed by atoms with van der Waals surface area (Å²) in [5.74, 6) is 1.09. The maximum Gasteiger partial charge on any atom is 0.250 e. The summed E-state index contributed by atoms with van der Waals surface area (Å²) in [5.41, 5.74) is 1.88. The lowest BCUT2D eigenvalue weighted by Crippen LogP contribution is -2.65. The maximum atomic E-state index is 15.4. The van der Waals surface area contributed by atoms with Gasteiger partial charge < -0.3 is 20.1 Å². The molecule has 4 heterocycles. The highest BCUT2D eigenvalue weighted by molar-refractivity contribution is 6.16. The molecule has 0 aromatic heterocycles. The average molecular weight is 550 g/mol. The predicted molar refractivity (Wildman–Crippen MR) is 158 cm³/mol. The largest absolute Gasteiger partial charge is 0.496 e. The molecule has 3 aromatic carbocycles. The van der Waals surface area contributed by atoms with E-state index in [2.05, 4.69) is 21.6 Å². The number of ketones is 1. The molecular formula is C34H35N3O4. The van der Waals surface area contributed by atoms with Gasteiger partial charge in [0.2, 0.25) is 0 Å². The lowest BCUT2D eigenvalue weighted by atomic mass is 9.55. The Morgan fingerprint density at radius 3 is 2.46 bits per heavy atom. The maximum absolute atomic E-state index is 15.4. The highest BCUT2D eigenvalue weighted by Gasteiger charge is 2.77. The molecule has 4 aliphatic rings. The standard InChI is InChI=1S/C34H35N3O4/c1-40-28-16-7-3-11-22(28)19-23-20-35-21-33(31(23)38)30(24-12-4-8-17-29(24)41-2)27-15-9-10-18-37(27)34(33)25-13-5-6-14-26(25)36-32(34)39/h3-8,11-14,16-17,19,27,30,35H,9-10,15,18,20-21H2,1-2H3,(H,36,39)/b23-19+/t27-,30-,33?,34-/m0/s1. The number of methoxy groups -OCH3 is 2. The number of Topliss-reactive ketones (excluding diaryl/α,β-unsaturated/α-hetero) is 1. The van der Waals surface area contributed by atoms with Crippen LogP contribution in [0.4, 0.5) is 5.69 Å². The summed E-state index contributed by atoms with van der Waals surface area (Å²) < 4.78 is 11.6. The van der Waals surface area contributed by atoms with E-state index in [1.54, 1.807) is 14.2 Å². The fourth-order valence-corrected chi connectivity index (χ4v) is 8.37. The lowest BCUT2D eigenvalue weighted by Gasteiger charge is -2.49. The number of piperidine rings is 2. The van der Waals surface area contributed by atoms with Crippen LogP contribution in [0, 0.1) is 5.41 Å². The first-order valence-corrected chi connectivity index (χ1v) is 14.5. The molecule has 2 N–H and O–H groups in total. The van der Waals surface area contributed by atoms with Gasteiger partial charge in [-0.3, -0.25) is 14.5 Å². The van der Waals surface area contributed by atoms with Gasteiger partial charge in [-0.15, -0.1) is 0 Å². The Hall–Kier alpha value is -3.94. The predicted octanol–water partition coefficient (Wildman–Crippen LogP) is 4.75. The quantitative estimate of drug-likeness (QED) is 0.458. The van der Waals surface area contributed by atoms with Crippen molar-refractivity contribution in [1.82, 2.24) is 10.2 Å². The van der Waals surface area contributed by atoms with Crippen molar-refractivity contribution in [3.05, 3.63) is 95.1 Å². The van der Waals surface area contributed by atoms with Crippen molar-refractivity contribution in [3.8, 4) is 11.5 Å². The Morgan fingerprint density at radius 2 is 1.63 bits per heavy atom. The van der Waals surface area contributed by atoms with E-state index in [-0.39, 0.29) is 23.7 Å². The van der Waals surface area contributed by atoms with Crippen LogP contribution in [-0.4, -0.2) is 56.5 Å². The Balaban J connectivity index is 1.53. The van der Waals surface area contributed by atoms with Gasteiger partial charge in [-0.1, -0.05) is 61.0 Å². The topological polar surface area (TPSA) is 79.9 Å². The molecule has 7 nitrogen and oxygen atoms in total. The van der Waals surface area contributed by atoms with E-state index < -0.39 is 11.0 Å². The fourth-order valence-electron chi connectivity index (χ4n) is 8.37. The van der Waals surface area contributed by atoms with Crippen LogP contribution in [0.1, 0.15) is 41.9 Å². The number of carbonyl (C=O) groups excluding carboxylic acids is 2. The smallest absolute Gasteiger partial charge is 0.250 e. The molecule has 0 bridgehead atoms. The molecular weight excluding hydrogens is 514 g/mol. The summed E-state index contributed by atoms with van der Waals surface area (Å²) in [6.45, 7) is 1.55. The summed E-state index contributed by atoms with van der Waals surface area (Å²) in [6, 6.07) is 23.7. The zero-order chi connectivity index (χ0) is 28.2. The summed E-state index contributed by atoms with van der Waals surface area (Å²) >= 11 is 0. The average Bonchev–Trinajstić information content (AvgIpc) is 3.46. The first-order chi connectivity index (χ1) is 20.1. The third kappa shape index (κ3) is 3.45. The van der Waals surface area contributed by atoms with Crippen LogP contribution in [0.3, 0.4) is 0 Å². The second-order valence-corrected chi connectivity index (χ2v) is 11.5. The molecule has 3 saturated heterocycles. The minimum Gasteiger partial charge on any atom is -0.496 e. The number of rotatable bonds is 4. The molecule has 0 saturated carbocycles. The molecule has 4 aliphatic heterocycles. The molecule has 3 fully saturated rings. The van der Waals surface area contributed by atoms with Crippen molar-refractivity contribution in [2.75, 3.05) is 39.2 Å².